The van der Waals surface area contributed by atoms with E-state index in [-0.39, 0.29) is 102 Å². The molecule has 504 valence electrons. The van der Waals surface area contributed by atoms with Crippen LogP contribution in [0.25, 0.3) is 10.9 Å². The first-order chi connectivity index (χ1) is 44.1. The number of piperidine rings is 1. The quantitative estimate of drug-likeness (QED) is 0.0332. The number of ether oxygens (including phenoxy) is 1. The van der Waals surface area contributed by atoms with E-state index in [2.05, 4.69) is 48.8 Å². The molecule has 3 aliphatic rings. The molecule has 92 heavy (non-hydrogen) atoms. The Morgan fingerprint density at radius 2 is 1.34 bits per heavy atom. The van der Waals surface area contributed by atoms with Crippen molar-refractivity contribution in [1.82, 2.24) is 55.7 Å². The van der Waals surface area contributed by atoms with Gasteiger partial charge in [0.05, 0.1) is 63.0 Å². The van der Waals surface area contributed by atoms with Crippen LogP contribution in [0.15, 0.2) is 54.7 Å². The lowest BCUT2D eigenvalue weighted by Gasteiger charge is -2.33. The number of nitriles is 1. The number of hydrogen-bond donors (Lipinski definition) is 7. The summed E-state index contributed by atoms with van der Waals surface area (Å²) in [5.74, 6) is -6.97. The minimum atomic E-state index is -3.17. The molecule has 0 radical (unpaired) electrons. The molecule has 0 spiro atoms. The maximum atomic E-state index is 13.9. The summed E-state index contributed by atoms with van der Waals surface area (Å²) in [5, 5.41) is 49.9. The minimum Gasteiger partial charge on any atom is -0.494 e. The molecule has 3 saturated heterocycles. The van der Waals surface area contributed by atoms with Crippen molar-refractivity contribution in [3.8, 4) is 11.8 Å². The van der Waals surface area contributed by atoms with Gasteiger partial charge in [0, 0.05) is 124 Å². The van der Waals surface area contributed by atoms with E-state index in [9.17, 15) is 72.5 Å². The zero-order valence-electron chi connectivity index (χ0n) is 52.0. The highest BCUT2D eigenvalue weighted by Crippen LogP contribution is 2.32. The number of pyridine rings is 1. The maximum absolute atomic E-state index is 13.9. The first-order valence-electron chi connectivity index (χ1n) is 31.5. The van der Waals surface area contributed by atoms with Crippen LogP contribution in [0.4, 0.5) is 8.78 Å². The summed E-state index contributed by atoms with van der Waals surface area (Å²) in [4.78, 5) is 129. The summed E-state index contributed by atoms with van der Waals surface area (Å²) in [6.07, 6.45) is 9.25. The van der Waals surface area contributed by atoms with Crippen molar-refractivity contribution in [3.63, 3.8) is 0 Å². The number of hydrogen-bond acceptors (Lipinski definition) is 17. The van der Waals surface area contributed by atoms with Gasteiger partial charge in [0.2, 0.25) is 29.5 Å². The van der Waals surface area contributed by atoms with Crippen molar-refractivity contribution < 1.29 is 72.0 Å². The number of alkyl halides is 2. The number of carbonyl (C=O) groups excluding carboxylic acids is 6. The number of thioether (sulfide) groups is 1. The van der Waals surface area contributed by atoms with Crippen molar-refractivity contribution >= 4 is 98.6 Å². The van der Waals surface area contributed by atoms with E-state index in [1.54, 1.807) is 43.9 Å². The van der Waals surface area contributed by atoms with Gasteiger partial charge in [0.15, 0.2) is 0 Å². The van der Waals surface area contributed by atoms with Crippen LogP contribution in [0.3, 0.4) is 0 Å². The van der Waals surface area contributed by atoms with Crippen LogP contribution in [-0.2, 0) is 44.8 Å². The Labute approximate surface area is 553 Å². The third kappa shape index (κ3) is 27.0. The predicted octanol–water partition coefficient (Wildman–Crippen LogP) is 3.63. The van der Waals surface area contributed by atoms with Crippen molar-refractivity contribution in [2.45, 2.75) is 101 Å². The highest BCUT2D eigenvalue weighted by atomic mass is 127. The van der Waals surface area contributed by atoms with Crippen LogP contribution in [0, 0.1) is 20.8 Å². The van der Waals surface area contributed by atoms with Gasteiger partial charge < -0.3 is 51.1 Å². The Balaban J connectivity index is 0.908. The Kier molecular flexibility index (Phi) is 31.4. The van der Waals surface area contributed by atoms with Gasteiger partial charge >= 0.3 is 17.9 Å². The second-order valence-corrected chi connectivity index (χ2v) is 25.9. The molecule has 0 aliphatic carbocycles. The minimum absolute atomic E-state index is 0.0818. The number of carboxylic acid groups (broad SMARTS) is 3. The number of fused-ring (bicyclic) bond motifs is 1. The zero-order chi connectivity index (χ0) is 66.4. The van der Waals surface area contributed by atoms with E-state index >= 15 is 0 Å². The number of benzene rings is 2. The van der Waals surface area contributed by atoms with Gasteiger partial charge in [-0.05, 0) is 122 Å². The van der Waals surface area contributed by atoms with Crippen LogP contribution in [0.5, 0.6) is 5.75 Å². The van der Waals surface area contributed by atoms with Gasteiger partial charge in [-0.1, -0.05) is 25.0 Å². The molecule has 2 atom stereocenters. The summed E-state index contributed by atoms with van der Waals surface area (Å²) in [7, 11) is 0. The number of nitrogens with zero attached hydrogens (tertiary/aromatic N) is 8. The molecule has 4 heterocycles. The second-order valence-electron chi connectivity index (χ2n) is 23.5. The Bertz CT molecular complexity index is 2960. The first kappa shape index (κ1) is 74.2. The number of aryl methyl sites for hydroxylation is 1. The number of halogens is 3. The zero-order valence-corrected chi connectivity index (χ0v) is 55.0. The van der Waals surface area contributed by atoms with Gasteiger partial charge in [0.1, 0.15) is 17.8 Å². The third-order valence-electron chi connectivity index (χ3n) is 16.4. The Hall–Kier alpha value is -6.85. The number of nitrogens with one attached hydrogen (secondary N) is 4. The Morgan fingerprint density at radius 1 is 0.707 bits per heavy atom. The summed E-state index contributed by atoms with van der Waals surface area (Å²) >= 11 is 3.64. The van der Waals surface area contributed by atoms with Crippen molar-refractivity contribution in [2.75, 3.05) is 136 Å². The smallest absolute Gasteiger partial charge is 0.317 e. The molecule has 1 aromatic heterocycles. The lowest BCUT2D eigenvalue weighted by atomic mass is 9.91. The lowest BCUT2D eigenvalue weighted by molar-refractivity contribution is -0.140. The predicted molar refractivity (Wildman–Crippen MR) is 348 cm³/mol. The molecule has 6 rings (SSSR count). The second kappa shape index (κ2) is 39.0. The van der Waals surface area contributed by atoms with E-state index in [1.807, 2.05) is 29.2 Å². The fourth-order valence-corrected chi connectivity index (χ4v) is 12.5. The van der Waals surface area contributed by atoms with Crippen molar-refractivity contribution in [1.29, 1.82) is 5.26 Å². The van der Waals surface area contributed by atoms with E-state index in [0.717, 1.165) is 52.6 Å². The first-order valence-corrected chi connectivity index (χ1v) is 33.7. The van der Waals surface area contributed by atoms with E-state index < -0.39 is 79.1 Å². The molecule has 0 bridgehead atoms. The summed E-state index contributed by atoms with van der Waals surface area (Å²) in [6, 6.07) is 14.3. The molecule has 6 amide bonds. The molecule has 3 aliphatic heterocycles. The molecular formula is C63H87F2IN12O13S. The number of unbranched alkanes of at least 4 members (excludes halogenated alkanes) is 3. The molecule has 3 fully saturated rings. The maximum Gasteiger partial charge on any atom is 0.317 e. The number of aliphatic carboxylic acids is 3. The molecule has 7 N–H and O–H groups in total. The molecular weight excluding hydrogens is 1330 g/mol. The summed E-state index contributed by atoms with van der Waals surface area (Å²) in [6.45, 7) is 1.65. The normalized spacial score (nSPS) is 17.6. The number of aromatic nitrogens is 1. The average molecular weight is 1420 g/mol. The fraction of sp³-hybridized carbons (Fsp3) is 0.603. The Morgan fingerprint density at radius 3 is 1.96 bits per heavy atom. The van der Waals surface area contributed by atoms with Gasteiger partial charge in [0.25, 0.3) is 11.8 Å². The van der Waals surface area contributed by atoms with Gasteiger partial charge in [-0.15, -0.1) is 0 Å². The topological polar surface area (TPSA) is 328 Å². The van der Waals surface area contributed by atoms with Crippen molar-refractivity contribution in [3.05, 3.63) is 69.4 Å². The standard InChI is InChI=1S/C63H87F2IN12O13S/c64-63(65)36-48(37-67)78(44-63)57(82)38-71-61(89)50-17-21-68-52-16-15-49(35-51(50)52)91-33-5-3-7-46-18-23-77(24-19-46)56(81)10-2-1-4-20-70-62(90)53(43-92-34-22-69-54(79)9-6-8-45-11-13-47(66)14-12-45)72-55(80)39-73-25-27-74(40-58(83)84)29-31-76(42-60(87)88)32-30-75(28-26-73)41-59(85)86/h11-17,21,35,46,48,53H,1-10,18-20,22-34,36,38-44H2,(H,69,79)(H,70,90)(H,71,89)(H,72,80)(H,83,84)(H,85,86)(H,87,88)/t48-,53+/m1/s1. The molecule has 0 saturated carbocycles. The number of carbonyl (C=O) groups is 9. The lowest BCUT2D eigenvalue weighted by Crippen LogP contribution is -2.53. The monoisotopic (exact) mass is 1420 g/mol. The third-order valence-corrected chi connectivity index (χ3v) is 18.1. The summed E-state index contributed by atoms with van der Waals surface area (Å²) in [5.41, 5.74) is 1.90. The van der Waals surface area contributed by atoms with Crippen LogP contribution in [0.2, 0.25) is 0 Å². The van der Waals surface area contributed by atoms with Crippen LogP contribution < -0.4 is 26.0 Å². The molecule has 29 heteroatoms. The van der Waals surface area contributed by atoms with E-state index in [4.69, 9.17) is 4.74 Å². The van der Waals surface area contributed by atoms with Crippen molar-refractivity contribution in [2.24, 2.45) is 5.92 Å². The van der Waals surface area contributed by atoms with Gasteiger partial charge in [-0.2, -0.15) is 17.0 Å². The molecule has 0 unspecified atom stereocenters. The number of rotatable bonds is 34. The van der Waals surface area contributed by atoms with Crippen LogP contribution in [0.1, 0.15) is 93.0 Å². The van der Waals surface area contributed by atoms with Crippen LogP contribution >= 0.6 is 34.4 Å². The molecule has 25 nitrogen and oxygen atoms in total. The average Bonchev–Trinajstić information content (AvgIpc) is 1.31. The SMILES string of the molecule is N#C[C@H]1CC(F)(F)CN1C(=O)CNC(=O)c1ccnc2ccc(OCCCCC3CCN(C(=O)CCCCCNC(=O)[C@H](CSCCNC(=O)CCCc4ccc(I)cc4)NC(=O)CN4CCN(CC(=O)O)CCN(CC(=O)O)CCN(CC(=O)O)CC4)CC3)cc12. The summed E-state index contributed by atoms with van der Waals surface area (Å²) < 4.78 is 35.0. The number of likely N-dealkylation sites (tertiary alicyclic amines) is 2. The largest absolute Gasteiger partial charge is 0.494 e. The van der Waals surface area contributed by atoms with Crippen LogP contribution in [-0.4, -0.2) is 257 Å². The highest BCUT2D eigenvalue weighted by Gasteiger charge is 2.47. The van der Waals surface area contributed by atoms with E-state index in [0.29, 0.717) is 99.6 Å². The fourth-order valence-electron chi connectivity index (χ4n) is 11.3. The highest BCUT2D eigenvalue weighted by molar-refractivity contribution is 14.1. The molecule has 3 aromatic rings. The number of carboxylic acids is 3. The molecule has 2 aromatic carbocycles. The van der Waals surface area contributed by atoms with Gasteiger partial charge in [-0.3, -0.25) is 67.7 Å². The van der Waals surface area contributed by atoms with Gasteiger partial charge in [-0.25, -0.2) is 8.78 Å². The number of amides is 6. The van der Waals surface area contributed by atoms with E-state index in [1.165, 1.54) is 24.0 Å².